The van der Waals surface area contributed by atoms with Gasteiger partial charge in [0, 0.05) is 0 Å². The zero-order chi connectivity index (χ0) is 10.1. The summed E-state index contributed by atoms with van der Waals surface area (Å²) in [5.41, 5.74) is 2.15. The van der Waals surface area contributed by atoms with Crippen LogP contribution in [-0.4, -0.2) is 5.11 Å². The summed E-state index contributed by atoms with van der Waals surface area (Å²) in [6.45, 7) is 5.87. The molecule has 2 rings (SSSR count). The summed E-state index contributed by atoms with van der Waals surface area (Å²) in [5, 5.41) is 11.5. The number of aromatic hydroxyl groups is 1. The lowest BCUT2D eigenvalue weighted by Gasteiger charge is -2.03. The molecule has 1 heteroatoms. The summed E-state index contributed by atoms with van der Waals surface area (Å²) < 4.78 is 0. The second-order valence-corrected chi connectivity index (χ2v) is 3.53. The van der Waals surface area contributed by atoms with Crippen LogP contribution in [0.25, 0.3) is 16.3 Å². The molecule has 0 unspecified atom stereocenters. The topological polar surface area (TPSA) is 20.2 Å². The van der Waals surface area contributed by atoms with Crippen molar-refractivity contribution in [2.24, 2.45) is 0 Å². The zero-order valence-corrected chi connectivity index (χ0v) is 8.12. The highest BCUT2D eigenvalue weighted by Crippen LogP contribution is 2.23. The molecular formula is C13H12O. The minimum Gasteiger partial charge on any atom is -0.508 e. The van der Waals surface area contributed by atoms with E-state index in [0.29, 0.717) is 5.75 Å². The van der Waals surface area contributed by atoms with E-state index in [1.165, 1.54) is 0 Å². The van der Waals surface area contributed by atoms with Gasteiger partial charge in [-0.15, -0.1) is 0 Å². The quantitative estimate of drug-likeness (QED) is 0.718. The van der Waals surface area contributed by atoms with Crippen LogP contribution in [0.4, 0.5) is 0 Å². The molecule has 0 bridgehead atoms. The lowest BCUT2D eigenvalue weighted by atomic mass is 10.0. The number of hydrogen-bond acceptors (Lipinski definition) is 1. The fourth-order valence-corrected chi connectivity index (χ4v) is 1.50. The largest absolute Gasteiger partial charge is 0.508 e. The highest BCUT2D eigenvalue weighted by molar-refractivity contribution is 5.86. The summed E-state index contributed by atoms with van der Waals surface area (Å²) in [6, 6.07) is 11.5. The van der Waals surface area contributed by atoms with Gasteiger partial charge in [0.2, 0.25) is 0 Å². The third-order valence-electron chi connectivity index (χ3n) is 2.32. The summed E-state index contributed by atoms with van der Waals surface area (Å²) in [6.07, 6.45) is 0. The molecule has 1 nitrogen and oxygen atoms in total. The van der Waals surface area contributed by atoms with Gasteiger partial charge in [-0.25, -0.2) is 0 Å². The number of fused-ring (bicyclic) bond motifs is 1. The molecule has 0 heterocycles. The number of phenolic OH excluding ortho intramolecular Hbond substituents is 1. The van der Waals surface area contributed by atoms with E-state index in [1.54, 1.807) is 12.1 Å². The van der Waals surface area contributed by atoms with Gasteiger partial charge in [0.05, 0.1) is 0 Å². The predicted octanol–water partition coefficient (Wildman–Crippen LogP) is 3.58. The van der Waals surface area contributed by atoms with Crippen molar-refractivity contribution >= 4 is 16.3 Å². The first kappa shape index (κ1) is 8.82. The smallest absolute Gasteiger partial charge is 0.116 e. The Labute approximate surface area is 83.3 Å². The summed E-state index contributed by atoms with van der Waals surface area (Å²) in [4.78, 5) is 0. The molecular weight excluding hydrogens is 172 g/mol. The average Bonchev–Trinajstić information content (AvgIpc) is 2.16. The lowest BCUT2D eigenvalue weighted by Crippen LogP contribution is -1.78. The Morgan fingerprint density at radius 1 is 1.07 bits per heavy atom. The molecule has 0 amide bonds. The van der Waals surface area contributed by atoms with Gasteiger partial charge in [0.15, 0.2) is 0 Å². The molecule has 0 aliphatic heterocycles. The van der Waals surface area contributed by atoms with E-state index in [1.807, 2.05) is 31.2 Å². The van der Waals surface area contributed by atoms with E-state index in [2.05, 4.69) is 6.58 Å². The van der Waals surface area contributed by atoms with Gasteiger partial charge in [-0.05, 0) is 41.5 Å². The molecule has 0 aliphatic carbocycles. The van der Waals surface area contributed by atoms with Crippen LogP contribution >= 0.6 is 0 Å². The SMILES string of the molecule is C=C(C)c1ccc2ccc(O)cc2c1. The Bertz CT molecular complexity index is 498. The van der Waals surface area contributed by atoms with Crippen molar-refractivity contribution in [1.82, 2.24) is 0 Å². The van der Waals surface area contributed by atoms with Crippen molar-refractivity contribution in [3.8, 4) is 5.75 Å². The number of hydrogen-bond donors (Lipinski definition) is 1. The molecule has 0 saturated heterocycles. The first-order valence-corrected chi connectivity index (χ1v) is 4.55. The van der Waals surface area contributed by atoms with Crippen LogP contribution in [0.15, 0.2) is 43.0 Å². The van der Waals surface area contributed by atoms with Crippen LogP contribution in [0, 0.1) is 0 Å². The van der Waals surface area contributed by atoms with E-state index < -0.39 is 0 Å². The molecule has 70 valence electrons. The third-order valence-corrected chi connectivity index (χ3v) is 2.32. The number of allylic oxidation sites excluding steroid dienone is 1. The van der Waals surface area contributed by atoms with Gasteiger partial charge in [-0.3, -0.25) is 0 Å². The number of rotatable bonds is 1. The van der Waals surface area contributed by atoms with Crippen molar-refractivity contribution in [1.29, 1.82) is 0 Å². The van der Waals surface area contributed by atoms with E-state index in [0.717, 1.165) is 21.9 Å². The Hall–Kier alpha value is -1.76. The number of benzene rings is 2. The van der Waals surface area contributed by atoms with Crippen molar-refractivity contribution < 1.29 is 5.11 Å². The monoisotopic (exact) mass is 184 g/mol. The Kier molecular flexibility index (Phi) is 2.01. The molecule has 0 atom stereocenters. The van der Waals surface area contributed by atoms with Crippen LogP contribution in [-0.2, 0) is 0 Å². The molecule has 0 saturated carbocycles. The maximum absolute atomic E-state index is 9.34. The van der Waals surface area contributed by atoms with Gasteiger partial charge in [-0.2, -0.15) is 0 Å². The third kappa shape index (κ3) is 1.49. The second-order valence-electron chi connectivity index (χ2n) is 3.53. The first-order valence-electron chi connectivity index (χ1n) is 4.55. The van der Waals surface area contributed by atoms with Crippen molar-refractivity contribution in [3.05, 3.63) is 48.5 Å². The van der Waals surface area contributed by atoms with Crippen LogP contribution in [0.1, 0.15) is 12.5 Å². The minimum atomic E-state index is 0.302. The van der Waals surface area contributed by atoms with Crippen molar-refractivity contribution in [2.75, 3.05) is 0 Å². The highest BCUT2D eigenvalue weighted by Gasteiger charge is 1.97. The van der Waals surface area contributed by atoms with Gasteiger partial charge in [0.1, 0.15) is 5.75 Å². The van der Waals surface area contributed by atoms with Crippen LogP contribution in [0.3, 0.4) is 0 Å². The highest BCUT2D eigenvalue weighted by atomic mass is 16.3. The molecule has 1 N–H and O–H groups in total. The molecule has 2 aromatic carbocycles. The molecule has 0 spiro atoms. The second kappa shape index (κ2) is 3.18. The van der Waals surface area contributed by atoms with Gasteiger partial charge in [-0.1, -0.05) is 30.4 Å². The fraction of sp³-hybridized carbons (Fsp3) is 0.0769. The summed E-state index contributed by atoms with van der Waals surface area (Å²) >= 11 is 0. The van der Waals surface area contributed by atoms with Gasteiger partial charge < -0.3 is 5.11 Å². The van der Waals surface area contributed by atoms with Crippen molar-refractivity contribution in [3.63, 3.8) is 0 Å². The van der Waals surface area contributed by atoms with E-state index in [4.69, 9.17) is 0 Å². The maximum atomic E-state index is 9.34. The van der Waals surface area contributed by atoms with E-state index in [-0.39, 0.29) is 0 Å². The molecule has 0 aromatic heterocycles. The molecule has 0 aliphatic rings. The Morgan fingerprint density at radius 2 is 1.79 bits per heavy atom. The number of phenols is 1. The molecule has 14 heavy (non-hydrogen) atoms. The maximum Gasteiger partial charge on any atom is 0.116 e. The van der Waals surface area contributed by atoms with E-state index >= 15 is 0 Å². The predicted molar refractivity (Wildman–Crippen MR) is 60.3 cm³/mol. The minimum absolute atomic E-state index is 0.302. The van der Waals surface area contributed by atoms with Crippen molar-refractivity contribution in [2.45, 2.75) is 6.92 Å². The first-order chi connectivity index (χ1) is 6.66. The van der Waals surface area contributed by atoms with E-state index in [9.17, 15) is 5.11 Å². The van der Waals surface area contributed by atoms with Crippen LogP contribution in [0.2, 0.25) is 0 Å². The Morgan fingerprint density at radius 3 is 2.50 bits per heavy atom. The Balaban J connectivity index is 2.69. The summed E-state index contributed by atoms with van der Waals surface area (Å²) in [7, 11) is 0. The van der Waals surface area contributed by atoms with Gasteiger partial charge >= 0.3 is 0 Å². The zero-order valence-electron chi connectivity index (χ0n) is 8.12. The normalized spacial score (nSPS) is 10.4. The molecule has 0 fully saturated rings. The summed E-state index contributed by atoms with van der Waals surface area (Å²) in [5.74, 6) is 0.302. The molecule has 2 aromatic rings. The van der Waals surface area contributed by atoms with Crippen LogP contribution in [0.5, 0.6) is 5.75 Å². The van der Waals surface area contributed by atoms with Crippen LogP contribution < -0.4 is 0 Å². The fourth-order valence-electron chi connectivity index (χ4n) is 1.50. The standard InChI is InChI=1S/C13H12O/c1-9(2)11-4-3-10-5-6-13(14)8-12(10)7-11/h3-8,14H,1H2,2H3. The average molecular weight is 184 g/mol. The molecule has 0 radical (unpaired) electrons. The lowest BCUT2D eigenvalue weighted by molar-refractivity contribution is 0.476. The van der Waals surface area contributed by atoms with Gasteiger partial charge in [0.25, 0.3) is 0 Å².